The number of nitrogens with zero attached hydrogens (tertiary/aromatic N) is 2. The van der Waals surface area contributed by atoms with Crippen molar-refractivity contribution in [2.45, 2.75) is 18.9 Å². The van der Waals surface area contributed by atoms with Gasteiger partial charge in [-0.1, -0.05) is 30.3 Å². The van der Waals surface area contributed by atoms with E-state index in [0.717, 1.165) is 12.0 Å². The van der Waals surface area contributed by atoms with Crippen molar-refractivity contribution < 1.29 is 19.4 Å². The van der Waals surface area contributed by atoms with Crippen LogP contribution in [0.25, 0.3) is 0 Å². The minimum atomic E-state index is -0.829. The van der Waals surface area contributed by atoms with Gasteiger partial charge < -0.3 is 14.7 Å². The van der Waals surface area contributed by atoms with Crippen molar-refractivity contribution >= 4 is 11.9 Å². The molecule has 2 aliphatic heterocycles. The summed E-state index contributed by atoms with van der Waals surface area (Å²) in [7, 11) is 0. The average Bonchev–Trinajstić information content (AvgIpc) is 2.82. The zero-order valence-corrected chi connectivity index (χ0v) is 13.8. The van der Waals surface area contributed by atoms with Gasteiger partial charge in [-0.05, 0) is 12.0 Å². The third-order valence-corrected chi connectivity index (χ3v) is 4.74. The van der Waals surface area contributed by atoms with Crippen molar-refractivity contribution in [2.75, 3.05) is 39.4 Å². The summed E-state index contributed by atoms with van der Waals surface area (Å²) >= 11 is 0. The van der Waals surface area contributed by atoms with Crippen LogP contribution in [0.4, 0.5) is 0 Å². The van der Waals surface area contributed by atoms with Gasteiger partial charge in [0.2, 0.25) is 5.91 Å². The maximum Gasteiger partial charge on any atom is 0.317 e. The molecule has 0 spiro atoms. The lowest BCUT2D eigenvalue weighted by atomic mass is 10.1. The monoisotopic (exact) mass is 332 g/mol. The molecule has 2 bridgehead atoms. The Kier molecular flexibility index (Phi) is 5.48. The molecule has 1 N–H and O–H groups in total. The normalized spacial score (nSPS) is 24.4. The molecule has 24 heavy (non-hydrogen) atoms. The maximum atomic E-state index is 12.6. The number of aliphatic carboxylic acids is 1. The van der Waals surface area contributed by atoms with E-state index in [1.807, 2.05) is 40.1 Å². The molecule has 0 unspecified atom stereocenters. The highest BCUT2D eigenvalue weighted by molar-refractivity contribution is 5.76. The summed E-state index contributed by atoms with van der Waals surface area (Å²) in [5.41, 5.74) is 1.16. The summed E-state index contributed by atoms with van der Waals surface area (Å²) < 4.78 is 5.66. The fourth-order valence-corrected chi connectivity index (χ4v) is 3.55. The zero-order valence-electron chi connectivity index (χ0n) is 13.8. The van der Waals surface area contributed by atoms with Gasteiger partial charge in [0.05, 0.1) is 25.8 Å². The first-order chi connectivity index (χ1) is 11.6. The topological polar surface area (TPSA) is 70.1 Å². The molecule has 2 heterocycles. The van der Waals surface area contributed by atoms with Crippen molar-refractivity contribution in [2.24, 2.45) is 5.92 Å². The van der Waals surface area contributed by atoms with Crippen molar-refractivity contribution in [1.82, 2.24) is 9.80 Å². The molecular formula is C18H24N2O4. The second-order valence-electron chi connectivity index (χ2n) is 6.66. The third kappa shape index (κ3) is 4.33. The first-order valence-electron chi connectivity index (χ1n) is 8.47. The van der Waals surface area contributed by atoms with Gasteiger partial charge >= 0.3 is 5.97 Å². The fraction of sp³-hybridized carbons (Fsp3) is 0.556. The number of carbonyl (C=O) groups excluding carboxylic acids is 1. The van der Waals surface area contributed by atoms with Crippen LogP contribution in [0.2, 0.25) is 0 Å². The molecule has 2 fully saturated rings. The smallest absolute Gasteiger partial charge is 0.317 e. The summed E-state index contributed by atoms with van der Waals surface area (Å²) in [5, 5.41) is 9.10. The highest BCUT2D eigenvalue weighted by Crippen LogP contribution is 2.20. The number of carboxylic acid groups (broad SMARTS) is 1. The van der Waals surface area contributed by atoms with Gasteiger partial charge in [-0.2, -0.15) is 0 Å². The van der Waals surface area contributed by atoms with E-state index < -0.39 is 5.97 Å². The largest absolute Gasteiger partial charge is 0.480 e. The van der Waals surface area contributed by atoms with Gasteiger partial charge in [0, 0.05) is 32.0 Å². The number of hydrogen-bond donors (Lipinski definition) is 1. The fourth-order valence-electron chi connectivity index (χ4n) is 3.55. The molecule has 2 atom stereocenters. The number of hydrogen-bond acceptors (Lipinski definition) is 4. The van der Waals surface area contributed by atoms with Crippen molar-refractivity contribution in [3.63, 3.8) is 0 Å². The molecule has 1 amide bonds. The Bertz CT molecular complexity index is 578. The Morgan fingerprint density at radius 3 is 2.67 bits per heavy atom. The summed E-state index contributed by atoms with van der Waals surface area (Å²) in [5.74, 6) is -0.505. The van der Waals surface area contributed by atoms with Crippen LogP contribution >= 0.6 is 0 Å². The van der Waals surface area contributed by atoms with Crippen molar-refractivity contribution in [1.29, 1.82) is 0 Å². The Balaban J connectivity index is 1.62. The second-order valence-corrected chi connectivity index (χ2v) is 6.66. The highest BCUT2D eigenvalue weighted by Gasteiger charge is 2.35. The van der Waals surface area contributed by atoms with E-state index in [1.165, 1.54) is 0 Å². The maximum absolute atomic E-state index is 12.6. The van der Waals surface area contributed by atoms with Crippen LogP contribution < -0.4 is 0 Å². The lowest BCUT2D eigenvalue weighted by Crippen LogP contribution is -2.47. The minimum Gasteiger partial charge on any atom is -0.480 e. The average molecular weight is 332 g/mol. The zero-order chi connectivity index (χ0) is 16.9. The molecule has 3 rings (SSSR count). The van der Waals surface area contributed by atoms with Crippen LogP contribution in [-0.4, -0.2) is 72.2 Å². The summed E-state index contributed by atoms with van der Waals surface area (Å²) in [6.45, 7) is 2.98. The lowest BCUT2D eigenvalue weighted by molar-refractivity contribution is -0.139. The van der Waals surface area contributed by atoms with Gasteiger partial charge in [-0.25, -0.2) is 0 Å². The molecule has 1 aromatic rings. The quantitative estimate of drug-likeness (QED) is 0.866. The molecule has 1 aromatic carbocycles. The van der Waals surface area contributed by atoms with Crippen molar-refractivity contribution in [3.8, 4) is 0 Å². The molecule has 6 nitrogen and oxygen atoms in total. The standard InChI is InChI=1S/C18H24N2O4/c21-17(7-6-14-4-2-1-3-5-14)20-9-15-8-19(11-18(22)23)16(10-20)13-24-12-15/h1-5,15-16H,6-13H2,(H,22,23)/t15-,16+/m1/s1. The van der Waals surface area contributed by atoms with Crippen LogP contribution in [0, 0.1) is 5.92 Å². The molecule has 0 aliphatic carbocycles. The molecule has 130 valence electrons. The Morgan fingerprint density at radius 1 is 1.12 bits per heavy atom. The number of fused-ring (bicyclic) bond motifs is 3. The Labute approximate surface area is 142 Å². The molecule has 0 saturated carbocycles. The van der Waals surface area contributed by atoms with E-state index in [0.29, 0.717) is 39.3 Å². The number of aryl methyl sites for hydroxylation is 1. The highest BCUT2D eigenvalue weighted by atomic mass is 16.5. The van der Waals surface area contributed by atoms with E-state index in [-0.39, 0.29) is 24.4 Å². The van der Waals surface area contributed by atoms with Crippen LogP contribution in [0.1, 0.15) is 12.0 Å². The van der Waals surface area contributed by atoms with Crippen LogP contribution in [0.15, 0.2) is 30.3 Å². The minimum absolute atomic E-state index is 0.0105. The van der Waals surface area contributed by atoms with Crippen LogP contribution in [-0.2, 0) is 20.7 Å². The lowest BCUT2D eigenvalue weighted by Gasteiger charge is -2.30. The Hall–Kier alpha value is -1.92. The first-order valence-corrected chi connectivity index (χ1v) is 8.47. The summed E-state index contributed by atoms with van der Waals surface area (Å²) in [4.78, 5) is 27.6. The number of amides is 1. The third-order valence-electron chi connectivity index (χ3n) is 4.74. The molecule has 2 saturated heterocycles. The number of ether oxygens (including phenoxy) is 1. The summed E-state index contributed by atoms with van der Waals surface area (Å²) in [6, 6.07) is 9.97. The molecule has 2 aliphatic rings. The van der Waals surface area contributed by atoms with E-state index in [2.05, 4.69) is 0 Å². The van der Waals surface area contributed by atoms with Gasteiger partial charge in [0.1, 0.15) is 0 Å². The number of rotatable bonds is 5. The van der Waals surface area contributed by atoms with E-state index >= 15 is 0 Å². The Morgan fingerprint density at radius 2 is 1.92 bits per heavy atom. The molecule has 0 radical (unpaired) electrons. The van der Waals surface area contributed by atoms with E-state index in [4.69, 9.17) is 9.84 Å². The van der Waals surface area contributed by atoms with Crippen molar-refractivity contribution in [3.05, 3.63) is 35.9 Å². The molecule has 6 heteroatoms. The molecule has 0 aromatic heterocycles. The number of carbonyl (C=O) groups is 2. The van der Waals surface area contributed by atoms with E-state index in [1.54, 1.807) is 0 Å². The number of carboxylic acids is 1. The molecular weight excluding hydrogens is 308 g/mol. The van der Waals surface area contributed by atoms with E-state index in [9.17, 15) is 9.59 Å². The SMILES string of the molecule is O=C(O)CN1C[C@H]2COC[C@@H]1CN(C(=O)CCc1ccccc1)C2. The van der Waals surface area contributed by atoms with Crippen LogP contribution in [0.3, 0.4) is 0 Å². The van der Waals surface area contributed by atoms with Gasteiger partial charge in [-0.3, -0.25) is 14.5 Å². The predicted octanol–water partition coefficient (Wildman–Crippen LogP) is 0.863. The van der Waals surface area contributed by atoms with Crippen LogP contribution in [0.5, 0.6) is 0 Å². The second kappa shape index (κ2) is 7.77. The van der Waals surface area contributed by atoms with Gasteiger partial charge in [-0.15, -0.1) is 0 Å². The predicted molar refractivity (Wildman–Crippen MR) is 88.6 cm³/mol. The number of benzene rings is 1. The van der Waals surface area contributed by atoms with Gasteiger partial charge in [0.15, 0.2) is 0 Å². The first kappa shape index (κ1) is 16.9. The van der Waals surface area contributed by atoms with Gasteiger partial charge in [0.25, 0.3) is 0 Å². The summed E-state index contributed by atoms with van der Waals surface area (Å²) in [6.07, 6.45) is 1.23.